The van der Waals surface area contributed by atoms with Crippen molar-refractivity contribution in [2.24, 2.45) is 7.05 Å². The average Bonchev–Trinajstić information content (AvgIpc) is 2.47. The van der Waals surface area contributed by atoms with Gasteiger partial charge in [-0.15, -0.1) is 5.10 Å². The molecule has 0 spiro atoms. The van der Waals surface area contributed by atoms with E-state index in [0.717, 1.165) is 0 Å². The Kier molecular flexibility index (Phi) is 1.73. The van der Waals surface area contributed by atoms with Crippen molar-refractivity contribution >= 4 is 22.9 Å². The molecule has 14 heavy (non-hydrogen) atoms. The Labute approximate surface area is 80.5 Å². The summed E-state index contributed by atoms with van der Waals surface area (Å²) in [6.45, 7) is 0. The Bertz CT molecular complexity index is 472. The summed E-state index contributed by atoms with van der Waals surface area (Å²) in [5, 5.41) is 7.83. The molecular formula is C7H11N7. The van der Waals surface area contributed by atoms with E-state index in [1.54, 1.807) is 11.7 Å². The maximum Gasteiger partial charge on any atom is 0.224 e. The number of nitrogen functional groups attached to an aromatic ring is 1. The first-order chi connectivity index (χ1) is 6.59. The molecule has 2 rings (SSSR count). The Morgan fingerprint density at radius 1 is 1.29 bits per heavy atom. The first-order valence-corrected chi connectivity index (χ1v) is 4.10. The van der Waals surface area contributed by atoms with Gasteiger partial charge >= 0.3 is 0 Å². The normalized spacial score (nSPS) is 10.8. The predicted octanol–water partition coefficient (Wildman–Crippen LogP) is -0.594. The first-order valence-electron chi connectivity index (χ1n) is 4.10. The van der Waals surface area contributed by atoms with Gasteiger partial charge in [-0.1, -0.05) is 5.21 Å². The smallest absolute Gasteiger partial charge is 0.224 e. The summed E-state index contributed by atoms with van der Waals surface area (Å²) in [6.07, 6.45) is 0. The maximum absolute atomic E-state index is 5.57. The minimum Gasteiger partial charge on any atom is -0.368 e. The van der Waals surface area contributed by atoms with Crippen LogP contribution in [-0.4, -0.2) is 39.1 Å². The second-order valence-corrected chi connectivity index (χ2v) is 3.19. The van der Waals surface area contributed by atoms with Gasteiger partial charge in [0.1, 0.15) is 0 Å². The third-order valence-electron chi connectivity index (χ3n) is 1.87. The Morgan fingerprint density at radius 3 is 2.64 bits per heavy atom. The summed E-state index contributed by atoms with van der Waals surface area (Å²) in [7, 11) is 5.51. The van der Waals surface area contributed by atoms with Gasteiger partial charge in [0.25, 0.3) is 0 Å². The van der Waals surface area contributed by atoms with Crippen LogP contribution in [0.4, 0.5) is 11.8 Å². The number of fused-ring (bicyclic) bond motifs is 1. The van der Waals surface area contributed by atoms with E-state index >= 15 is 0 Å². The van der Waals surface area contributed by atoms with Gasteiger partial charge in [0.2, 0.25) is 5.95 Å². The largest absolute Gasteiger partial charge is 0.368 e. The minimum absolute atomic E-state index is 0.228. The zero-order valence-corrected chi connectivity index (χ0v) is 8.26. The standard InChI is InChI=1S/C7H11N7/c1-13(2)5-4-6(10-7(8)9-5)14(3)12-11-4/h1-3H3,(H2,8,9,10). The van der Waals surface area contributed by atoms with Gasteiger partial charge in [-0.2, -0.15) is 9.97 Å². The number of nitrogens with two attached hydrogens (primary N) is 1. The molecule has 7 nitrogen and oxygen atoms in total. The summed E-state index contributed by atoms with van der Waals surface area (Å²) in [4.78, 5) is 9.98. The molecule has 74 valence electrons. The zero-order valence-electron chi connectivity index (χ0n) is 8.26. The third kappa shape index (κ3) is 1.13. The molecule has 2 aromatic rings. The van der Waals surface area contributed by atoms with E-state index in [1.165, 1.54) is 0 Å². The van der Waals surface area contributed by atoms with E-state index in [-0.39, 0.29) is 5.95 Å². The van der Waals surface area contributed by atoms with Gasteiger partial charge in [0.15, 0.2) is 17.0 Å². The van der Waals surface area contributed by atoms with Gasteiger partial charge in [0, 0.05) is 21.1 Å². The first kappa shape index (κ1) is 8.67. The Balaban J connectivity index is 2.82. The van der Waals surface area contributed by atoms with Crippen molar-refractivity contribution in [2.45, 2.75) is 0 Å². The molecule has 0 saturated carbocycles. The van der Waals surface area contributed by atoms with Gasteiger partial charge in [0.05, 0.1) is 0 Å². The lowest BCUT2D eigenvalue weighted by atomic mass is 10.4. The summed E-state index contributed by atoms with van der Waals surface area (Å²) >= 11 is 0. The van der Waals surface area contributed by atoms with Crippen LogP contribution in [0.25, 0.3) is 11.2 Å². The van der Waals surface area contributed by atoms with Crippen molar-refractivity contribution in [3.8, 4) is 0 Å². The van der Waals surface area contributed by atoms with Crippen molar-refractivity contribution in [2.75, 3.05) is 24.7 Å². The fraction of sp³-hybridized carbons (Fsp3) is 0.429. The van der Waals surface area contributed by atoms with Crippen molar-refractivity contribution in [1.29, 1.82) is 0 Å². The van der Waals surface area contributed by atoms with Crippen molar-refractivity contribution in [3.63, 3.8) is 0 Å². The lowest BCUT2D eigenvalue weighted by molar-refractivity contribution is 0.730. The van der Waals surface area contributed by atoms with Gasteiger partial charge < -0.3 is 10.6 Å². The van der Waals surface area contributed by atoms with Gasteiger partial charge in [-0.05, 0) is 0 Å². The molecule has 0 radical (unpaired) electrons. The number of rotatable bonds is 1. The molecule has 2 heterocycles. The number of nitrogens with zero attached hydrogens (tertiary/aromatic N) is 6. The molecule has 0 fully saturated rings. The fourth-order valence-electron chi connectivity index (χ4n) is 1.23. The van der Waals surface area contributed by atoms with Crippen LogP contribution in [0.5, 0.6) is 0 Å². The summed E-state index contributed by atoms with van der Waals surface area (Å²) < 4.78 is 1.57. The molecule has 0 aliphatic carbocycles. The summed E-state index contributed by atoms with van der Waals surface area (Å²) in [6, 6.07) is 0. The average molecular weight is 193 g/mol. The number of aryl methyl sites for hydroxylation is 1. The van der Waals surface area contributed by atoms with Crippen LogP contribution in [0.3, 0.4) is 0 Å². The quantitative estimate of drug-likeness (QED) is 0.651. The number of hydrogen-bond acceptors (Lipinski definition) is 6. The molecular weight excluding hydrogens is 182 g/mol. The van der Waals surface area contributed by atoms with Crippen LogP contribution >= 0.6 is 0 Å². The molecule has 2 N–H and O–H groups in total. The number of aromatic nitrogens is 5. The SMILES string of the molecule is CN(C)c1nc(N)nc2c1nnn2C. The number of anilines is 2. The van der Waals surface area contributed by atoms with Gasteiger partial charge in [-0.3, -0.25) is 0 Å². The topological polar surface area (TPSA) is 85.8 Å². The molecule has 0 amide bonds. The molecule has 0 aliphatic rings. The molecule has 0 bridgehead atoms. The third-order valence-corrected chi connectivity index (χ3v) is 1.87. The zero-order chi connectivity index (χ0) is 10.3. The summed E-state index contributed by atoms with van der Waals surface area (Å²) in [5.41, 5.74) is 6.87. The highest BCUT2D eigenvalue weighted by atomic mass is 15.4. The van der Waals surface area contributed by atoms with E-state index in [0.29, 0.717) is 17.0 Å². The van der Waals surface area contributed by atoms with E-state index in [1.807, 2.05) is 19.0 Å². The Hall–Kier alpha value is -1.92. The van der Waals surface area contributed by atoms with Crippen LogP contribution in [-0.2, 0) is 7.05 Å². The molecule has 0 saturated heterocycles. The van der Waals surface area contributed by atoms with Crippen LogP contribution in [0.1, 0.15) is 0 Å². The lowest BCUT2D eigenvalue weighted by Crippen LogP contribution is -2.13. The van der Waals surface area contributed by atoms with Crippen LogP contribution < -0.4 is 10.6 Å². The molecule has 0 atom stereocenters. The molecule has 0 aromatic carbocycles. The molecule has 0 aliphatic heterocycles. The van der Waals surface area contributed by atoms with E-state index in [9.17, 15) is 0 Å². The van der Waals surface area contributed by atoms with E-state index in [4.69, 9.17) is 5.73 Å². The highest BCUT2D eigenvalue weighted by Gasteiger charge is 2.12. The second kappa shape index (κ2) is 2.79. The highest BCUT2D eigenvalue weighted by Crippen LogP contribution is 2.19. The highest BCUT2D eigenvalue weighted by molar-refractivity contribution is 5.83. The van der Waals surface area contributed by atoms with Crippen molar-refractivity contribution in [1.82, 2.24) is 25.0 Å². The minimum atomic E-state index is 0.228. The predicted molar refractivity (Wildman–Crippen MR) is 52.8 cm³/mol. The monoisotopic (exact) mass is 193 g/mol. The lowest BCUT2D eigenvalue weighted by Gasteiger charge is -2.10. The van der Waals surface area contributed by atoms with Crippen LogP contribution in [0, 0.1) is 0 Å². The molecule has 0 unspecified atom stereocenters. The second-order valence-electron chi connectivity index (χ2n) is 3.19. The van der Waals surface area contributed by atoms with Crippen molar-refractivity contribution < 1.29 is 0 Å². The molecule has 7 heteroatoms. The van der Waals surface area contributed by atoms with Crippen molar-refractivity contribution in [3.05, 3.63) is 0 Å². The maximum atomic E-state index is 5.57. The van der Waals surface area contributed by atoms with Gasteiger partial charge in [-0.25, -0.2) is 4.68 Å². The van der Waals surface area contributed by atoms with E-state index in [2.05, 4.69) is 20.3 Å². The molecule has 2 aromatic heterocycles. The Morgan fingerprint density at radius 2 is 2.00 bits per heavy atom. The fourth-order valence-corrected chi connectivity index (χ4v) is 1.23. The van der Waals surface area contributed by atoms with Crippen LogP contribution in [0.15, 0.2) is 0 Å². The summed E-state index contributed by atoms with van der Waals surface area (Å²) in [5.74, 6) is 0.909. The van der Waals surface area contributed by atoms with Crippen LogP contribution in [0.2, 0.25) is 0 Å². The van der Waals surface area contributed by atoms with E-state index < -0.39 is 0 Å². The number of hydrogen-bond donors (Lipinski definition) is 1.